The fourth-order valence-corrected chi connectivity index (χ4v) is 10.5. The van der Waals surface area contributed by atoms with Gasteiger partial charge in [0.15, 0.2) is 0 Å². The highest BCUT2D eigenvalue weighted by Gasteiger charge is 2.47. The molecule has 0 saturated carbocycles. The number of hydrogen-bond acceptors (Lipinski definition) is 2. The van der Waals surface area contributed by atoms with Crippen LogP contribution >= 0.6 is 0 Å². The van der Waals surface area contributed by atoms with Crippen LogP contribution in [0.25, 0.3) is 11.1 Å². The summed E-state index contributed by atoms with van der Waals surface area (Å²) in [4.78, 5) is 4.95. The molecule has 1 aliphatic carbocycles. The van der Waals surface area contributed by atoms with E-state index in [9.17, 15) is 0 Å². The molecule has 0 unspecified atom stereocenters. The summed E-state index contributed by atoms with van der Waals surface area (Å²) < 4.78 is 0. The number of rotatable bonds is 14. The second kappa shape index (κ2) is 18.5. The lowest BCUT2D eigenvalue weighted by Crippen LogP contribution is -2.29. The van der Waals surface area contributed by atoms with Gasteiger partial charge in [0.05, 0.1) is 5.41 Å². The highest BCUT2D eigenvalue weighted by atomic mass is 15.1. The Kier molecular flexibility index (Phi) is 12.4. The van der Waals surface area contributed by atoms with Crippen molar-refractivity contribution in [3.8, 4) is 11.1 Å². The molecule has 0 bridgehead atoms. The van der Waals surface area contributed by atoms with Gasteiger partial charge in [-0.15, -0.1) is 0 Å². The predicted octanol–water partition coefficient (Wildman–Crippen LogP) is 17.5. The molecule has 0 N–H and O–H groups in total. The molecule has 0 fully saturated rings. The first kappa shape index (κ1) is 43.6. The lowest BCUT2D eigenvalue weighted by molar-refractivity contribution is 0.763. The largest absolute Gasteiger partial charge is 0.310 e. The number of unbranched alkanes of at least 4 members (excludes halogenated alkanes) is 2. The van der Waals surface area contributed by atoms with E-state index in [0.29, 0.717) is 0 Å². The molecule has 8 aromatic carbocycles. The Morgan fingerprint density at radius 1 is 0.338 bits per heavy atom. The van der Waals surface area contributed by atoms with E-state index in [1.54, 1.807) is 0 Å². The SMILES string of the molecule is CCCCc1cccc(N(c2ccc(C)cc2)c2ccc3c(c2)C(c2cc(C)cc(C)c2)(c2cc(C)cc(C)c2)c2cc(N(c4ccc(C)cc4)c4cccc(CCCC)c4)ccc2-3)c1. The minimum Gasteiger partial charge on any atom is -0.310 e. The molecule has 65 heavy (non-hydrogen) atoms. The molecule has 1 aliphatic rings. The summed E-state index contributed by atoms with van der Waals surface area (Å²) in [5.74, 6) is 0. The molecule has 8 aromatic rings. The molecule has 0 amide bonds. The lowest BCUT2D eigenvalue weighted by atomic mass is 9.66. The third-order valence-corrected chi connectivity index (χ3v) is 13.5. The molecule has 0 aliphatic heterocycles. The highest BCUT2D eigenvalue weighted by molar-refractivity contribution is 5.92. The van der Waals surface area contributed by atoms with Crippen molar-refractivity contribution in [2.24, 2.45) is 0 Å². The number of nitrogens with zero attached hydrogens (tertiary/aromatic N) is 2. The Labute approximate surface area is 389 Å². The molecule has 0 saturated heterocycles. The van der Waals surface area contributed by atoms with Gasteiger partial charge >= 0.3 is 0 Å². The Morgan fingerprint density at radius 3 is 1.06 bits per heavy atom. The first-order valence-corrected chi connectivity index (χ1v) is 23.9. The number of fused-ring (bicyclic) bond motifs is 3. The first-order valence-electron chi connectivity index (χ1n) is 23.9. The number of anilines is 6. The fraction of sp³-hybridized carbons (Fsp3) is 0.238. The molecule has 0 heterocycles. The summed E-state index contributed by atoms with van der Waals surface area (Å²) in [6.45, 7) is 17.9. The van der Waals surface area contributed by atoms with Crippen molar-refractivity contribution in [3.63, 3.8) is 0 Å². The van der Waals surface area contributed by atoms with Gasteiger partial charge in [0.2, 0.25) is 0 Å². The van der Waals surface area contributed by atoms with Crippen LogP contribution in [0.5, 0.6) is 0 Å². The summed E-state index contributed by atoms with van der Waals surface area (Å²) in [6, 6.07) is 65.5. The van der Waals surface area contributed by atoms with Crippen LogP contribution in [0.2, 0.25) is 0 Å². The minimum absolute atomic E-state index is 0.631. The number of aryl methyl sites for hydroxylation is 8. The second-order valence-electron chi connectivity index (χ2n) is 18.9. The van der Waals surface area contributed by atoms with Gasteiger partial charge in [-0.05, 0) is 185 Å². The number of benzene rings is 8. The maximum absolute atomic E-state index is 2.53. The van der Waals surface area contributed by atoms with Gasteiger partial charge in [0.1, 0.15) is 0 Å². The Bertz CT molecular complexity index is 2730. The third-order valence-electron chi connectivity index (χ3n) is 13.5. The molecular weight excluding hydrogens is 785 g/mol. The Morgan fingerprint density at radius 2 is 0.692 bits per heavy atom. The van der Waals surface area contributed by atoms with Gasteiger partial charge in [-0.3, -0.25) is 0 Å². The van der Waals surface area contributed by atoms with Crippen LogP contribution in [0, 0.1) is 41.5 Å². The molecule has 0 spiro atoms. The molecule has 2 nitrogen and oxygen atoms in total. The van der Waals surface area contributed by atoms with E-state index in [2.05, 4.69) is 235 Å². The maximum Gasteiger partial charge on any atom is 0.0715 e. The summed E-state index contributed by atoms with van der Waals surface area (Å²) in [7, 11) is 0. The van der Waals surface area contributed by atoms with E-state index in [1.165, 1.54) is 115 Å². The van der Waals surface area contributed by atoms with E-state index in [0.717, 1.165) is 35.6 Å². The van der Waals surface area contributed by atoms with Gasteiger partial charge in [0.25, 0.3) is 0 Å². The second-order valence-corrected chi connectivity index (χ2v) is 18.9. The molecule has 0 radical (unpaired) electrons. The summed E-state index contributed by atoms with van der Waals surface area (Å²) in [5, 5.41) is 0. The van der Waals surface area contributed by atoms with Crippen LogP contribution in [-0.2, 0) is 18.3 Å². The van der Waals surface area contributed by atoms with E-state index in [4.69, 9.17) is 0 Å². The van der Waals surface area contributed by atoms with Crippen LogP contribution < -0.4 is 9.80 Å². The van der Waals surface area contributed by atoms with Gasteiger partial charge in [-0.25, -0.2) is 0 Å². The maximum atomic E-state index is 2.53. The van der Waals surface area contributed by atoms with E-state index >= 15 is 0 Å². The third kappa shape index (κ3) is 8.55. The average molecular weight is 849 g/mol. The van der Waals surface area contributed by atoms with Crippen LogP contribution in [0.3, 0.4) is 0 Å². The summed E-state index contributed by atoms with van der Waals surface area (Å²) in [6.07, 6.45) is 6.83. The van der Waals surface area contributed by atoms with Gasteiger partial charge in [-0.2, -0.15) is 0 Å². The van der Waals surface area contributed by atoms with Gasteiger partial charge in [-0.1, -0.05) is 157 Å². The van der Waals surface area contributed by atoms with Gasteiger partial charge in [0, 0.05) is 34.1 Å². The van der Waals surface area contributed by atoms with Crippen molar-refractivity contribution in [1.29, 1.82) is 0 Å². The zero-order valence-corrected chi connectivity index (χ0v) is 39.8. The van der Waals surface area contributed by atoms with Crippen molar-refractivity contribution in [2.75, 3.05) is 9.80 Å². The van der Waals surface area contributed by atoms with Crippen LogP contribution in [-0.4, -0.2) is 0 Å². The van der Waals surface area contributed by atoms with Gasteiger partial charge < -0.3 is 9.80 Å². The zero-order chi connectivity index (χ0) is 45.2. The first-order chi connectivity index (χ1) is 31.5. The summed E-state index contributed by atoms with van der Waals surface area (Å²) >= 11 is 0. The molecule has 9 rings (SSSR count). The quantitative estimate of drug-likeness (QED) is 0.108. The van der Waals surface area contributed by atoms with Crippen molar-refractivity contribution < 1.29 is 0 Å². The number of hydrogen-bond donors (Lipinski definition) is 0. The van der Waals surface area contributed by atoms with E-state index in [-0.39, 0.29) is 0 Å². The normalized spacial score (nSPS) is 12.5. The van der Waals surface area contributed by atoms with Crippen molar-refractivity contribution in [3.05, 3.63) is 237 Å². The molecule has 2 heteroatoms. The molecule has 0 aromatic heterocycles. The Hall–Kier alpha value is -6.64. The van der Waals surface area contributed by atoms with Crippen LogP contribution in [0.1, 0.15) is 106 Å². The van der Waals surface area contributed by atoms with Crippen molar-refractivity contribution >= 4 is 34.1 Å². The molecular formula is C63H64N2. The minimum atomic E-state index is -0.631. The zero-order valence-electron chi connectivity index (χ0n) is 39.8. The fourth-order valence-electron chi connectivity index (χ4n) is 10.5. The van der Waals surface area contributed by atoms with E-state index in [1.807, 2.05) is 0 Å². The standard InChI is InChI=1S/C63H64N2/c1-9-11-15-49-17-13-19-55(39-49)64(53-25-21-43(3)22-26-53)57-29-31-59-60-32-30-58(65(54-27-23-44(4)24-28-54)56-20-14-18-50(40-56)16-12-10-2)42-62(60)63(61(59)41-57,51-35-45(5)33-46(6)36-51)52-37-47(7)34-48(8)38-52/h13-14,17-42H,9-12,15-16H2,1-8H3. The van der Waals surface area contributed by atoms with E-state index < -0.39 is 5.41 Å². The lowest BCUT2D eigenvalue weighted by Gasteiger charge is -2.36. The monoisotopic (exact) mass is 849 g/mol. The smallest absolute Gasteiger partial charge is 0.0715 e. The topological polar surface area (TPSA) is 6.48 Å². The van der Waals surface area contributed by atoms with Crippen molar-refractivity contribution in [1.82, 2.24) is 0 Å². The average Bonchev–Trinajstić information content (AvgIpc) is 3.58. The highest BCUT2D eigenvalue weighted by Crippen LogP contribution is 2.59. The Balaban J connectivity index is 1.34. The van der Waals surface area contributed by atoms with Crippen LogP contribution in [0.4, 0.5) is 34.1 Å². The molecule has 326 valence electrons. The van der Waals surface area contributed by atoms with Crippen LogP contribution in [0.15, 0.2) is 170 Å². The van der Waals surface area contributed by atoms with Crippen molar-refractivity contribution in [2.45, 2.75) is 99.3 Å². The molecule has 0 atom stereocenters. The predicted molar refractivity (Wildman–Crippen MR) is 279 cm³/mol. The summed E-state index contributed by atoms with van der Waals surface area (Å²) in [5.41, 5.74) is 24.4.